The summed E-state index contributed by atoms with van der Waals surface area (Å²) in [6, 6.07) is 1.11. The van der Waals surface area contributed by atoms with Crippen LogP contribution in [0.15, 0.2) is 12.4 Å². The van der Waals surface area contributed by atoms with Crippen molar-refractivity contribution in [1.29, 1.82) is 0 Å². The maximum Gasteiger partial charge on any atom is 0.357 e. The van der Waals surface area contributed by atoms with Crippen LogP contribution in [0.1, 0.15) is 16.1 Å². The third kappa shape index (κ3) is 3.72. The van der Waals surface area contributed by atoms with E-state index in [1.165, 1.54) is 7.11 Å². The van der Waals surface area contributed by atoms with Gasteiger partial charge in [0.05, 0.1) is 24.2 Å². The normalized spacial score (nSPS) is 11.9. The smallest absolute Gasteiger partial charge is 0.357 e. The van der Waals surface area contributed by atoms with Crippen molar-refractivity contribution in [2.24, 2.45) is 0 Å². The summed E-state index contributed by atoms with van der Waals surface area (Å²) in [5.74, 6) is -0.454. The van der Waals surface area contributed by atoms with Gasteiger partial charge in [-0.15, -0.1) is 0 Å². The lowest BCUT2D eigenvalue weighted by Gasteiger charge is -2.15. The van der Waals surface area contributed by atoms with Crippen LogP contribution in [0.25, 0.3) is 10.9 Å². The van der Waals surface area contributed by atoms with Crippen molar-refractivity contribution in [3.05, 3.63) is 23.7 Å². The number of esters is 1. The van der Waals surface area contributed by atoms with Crippen LogP contribution >= 0.6 is 0 Å². The second-order valence-corrected chi connectivity index (χ2v) is 12.2. The highest BCUT2D eigenvalue weighted by molar-refractivity contribution is 6.76. The van der Waals surface area contributed by atoms with Gasteiger partial charge in [-0.25, -0.2) is 14.5 Å². The van der Waals surface area contributed by atoms with E-state index in [1.54, 1.807) is 17.1 Å². The average molecular weight is 321 g/mol. The molecule has 0 saturated carbocycles. The minimum Gasteiger partial charge on any atom is -0.464 e. The fourth-order valence-electron chi connectivity index (χ4n) is 2.15. The van der Waals surface area contributed by atoms with Crippen molar-refractivity contribution < 1.29 is 14.3 Å². The summed E-state index contributed by atoms with van der Waals surface area (Å²) < 4.78 is 12.3. The molecule has 2 rings (SSSR count). The summed E-state index contributed by atoms with van der Waals surface area (Å²) in [5, 5.41) is 5.02. The number of fused-ring (bicyclic) bond motifs is 1. The van der Waals surface area contributed by atoms with Crippen molar-refractivity contribution in [2.45, 2.75) is 39.3 Å². The van der Waals surface area contributed by atoms with Crippen LogP contribution < -0.4 is 0 Å². The first kappa shape index (κ1) is 16.6. The largest absolute Gasteiger partial charge is 0.464 e. The second-order valence-electron chi connectivity index (χ2n) is 6.54. The van der Waals surface area contributed by atoms with Gasteiger partial charge >= 0.3 is 5.97 Å². The molecule has 2 aromatic rings. The summed E-state index contributed by atoms with van der Waals surface area (Å²) in [7, 11) is 0.248. The first-order valence-electron chi connectivity index (χ1n) is 7.30. The van der Waals surface area contributed by atoms with Gasteiger partial charge < -0.3 is 9.47 Å². The number of ether oxygens (including phenoxy) is 2. The Morgan fingerprint density at radius 2 is 2.05 bits per heavy atom. The first-order chi connectivity index (χ1) is 10.3. The van der Waals surface area contributed by atoms with Crippen LogP contribution in [0.5, 0.6) is 0 Å². The summed E-state index contributed by atoms with van der Waals surface area (Å²) >= 11 is 0. The van der Waals surface area contributed by atoms with E-state index in [2.05, 4.69) is 29.7 Å². The standard InChI is InChI=1S/C15H23N3O3Si/c1-11-8-16-13(15(19)20-2)12-9-17-18(14(11)12)10-21-6-7-22(3,4)5/h8-9H,6-7,10H2,1-5H3. The topological polar surface area (TPSA) is 66.2 Å². The number of carbonyl (C=O) groups excluding carboxylic acids is 1. The number of aromatic nitrogens is 3. The SMILES string of the molecule is COC(=O)c1ncc(C)c2c1cnn2COCC[Si](C)(C)C. The molecule has 7 heteroatoms. The number of aryl methyl sites for hydroxylation is 1. The number of methoxy groups -OCH3 is 1. The molecule has 0 bridgehead atoms. The molecule has 120 valence electrons. The molecule has 0 N–H and O–H groups in total. The van der Waals surface area contributed by atoms with Gasteiger partial charge in [0, 0.05) is 20.9 Å². The summed E-state index contributed by atoms with van der Waals surface area (Å²) in [5.41, 5.74) is 2.11. The summed E-state index contributed by atoms with van der Waals surface area (Å²) in [6.07, 6.45) is 3.30. The van der Waals surface area contributed by atoms with Crippen molar-refractivity contribution in [3.63, 3.8) is 0 Å². The quantitative estimate of drug-likeness (QED) is 0.465. The number of hydrogen-bond acceptors (Lipinski definition) is 5. The molecule has 2 aromatic heterocycles. The average Bonchev–Trinajstić information content (AvgIpc) is 2.87. The van der Waals surface area contributed by atoms with Crippen molar-refractivity contribution in [2.75, 3.05) is 13.7 Å². The van der Waals surface area contributed by atoms with Crippen LogP contribution in [0.2, 0.25) is 25.7 Å². The molecule has 0 saturated heterocycles. The molecule has 0 aliphatic carbocycles. The van der Waals surface area contributed by atoms with Crippen LogP contribution in [0, 0.1) is 6.92 Å². The van der Waals surface area contributed by atoms with Gasteiger partial charge in [-0.05, 0) is 18.5 Å². The molecule has 0 spiro atoms. The molecule has 0 fully saturated rings. The Labute approximate surface area is 131 Å². The van der Waals surface area contributed by atoms with E-state index in [0.717, 1.165) is 23.7 Å². The highest BCUT2D eigenvalue weighted by Crippen LogP contribution is 2.21. The lowest BCUT2D eigenvalue weighted by Crippen LogP contribution is -2.22. The van der Waals surface area contributed by atoms with E-state index >= 15 is 0 Å². The van der Waals surface area contributed by atoms with Crippen molar-refractivity contribution >= 4 is 24.9 Å². The predicted molar refractivity (Wildman–Crippen MR) is 87.7 cm³/mol. The van der Waals surface area contributed by atoms with Crippen molar-refractivity contribution in [3.8, 4) is 0 Å². The minimum atomic E-state index is -1.10. The van der Waals surface area contributed by atoms with Gasteiger partial charge in [0.15, 0.2) is 5.69 Å². The van der Waals surface area contributed by atoms with Gasteiger partial charge in [0.2, 0.25) is 0 Å². The summed E-state index contributed by atoms with van der Waals surface area (Å²) in [6.45, 7) is 10.00. The fraction of sp³-hybridized carbons (Fsp3) is 0.533. The molecule has 0 aliphatic rings. The molecular formula is C15H23N3O3Si. The Kier molecular flexibility index (Phi) is 4.97. The third-order valence-corrected chi connectivity index (χ3v) is 5.15. The van der Waals surface area contributed by atoms with E-state index in [1.807, 2.05) is 6.92 Å². The third-order valence-electron chi connectivity index (χ3n) is 3.44. The molecule has 0 aliphatic heterocycles. The van der Waals surface area contributed by atoms with Gasteiger partial charge in [-0.3, -0.25) is 0 Å². The molecule has 0 amide bonds. The molecular weight excluding hydrogens is 298 g/mol. The summed E-state index contributed by atoms with van der Waals surface area (Å²) in [4.78, 5) is 15.9. The van der Waals surface area contributed by atoms with E-state index < -0.39 is 14.0 Å². The number of carbonyl (C=O) groups is 1. The Morgan fingerprint density at radius 1 is 1.32 bits per heavy atom. The molecule has 22 heavy (non-hydrogen) atoms. The van der Waals surface area contributed by atoms with E-state index in [9.17, 15) is 4.79 Å². The number of hydrogen-bond donors (Lipinski definition) is 0. The molecule has 0 radical (unpaired) electrons. The zero-order chi connectivity index (χ0) is 16.3. The number of nitrogens with zero attached hydrogens (tertiary/aromatic N) is 3. The van der Waals surface area contributed by atoms with E-state index in [-0.39, 0.29) is 5.69 Å². The first-order valence-corrected chi connectivity index (χ1v) is 11.0. The number of rotatable bonds is 6. The van der Waals surface area contributed by atoms with E-state index in [0.29, 0.717) is 12.1 Å². The predicted octanol–water partition coefficient (Wildman–Crippen LogP) is 2.84. The monoisotopic (exact) mass is 321 g/mol. The lowest BCUT2D eigenvalue weighted by atomic mass is 10.2. The highest BCUT2D eigenvalue weighted by atomic mass is 28.3. The van der Waals surface area contributed by atoms with Crippen LogP contribution in [0.3, 0.4) is 0 Å². The Bertz CT molecular complexity index is 676. The maximum atomic E-state index is 11.8. The van der Waals surface area contributed by atoms with Gasteiger partial charge in [-0.2, -0.15) is 5.10 Å². The molecule has 0 aromatic carbocycles. The van der Waals surface area contributed by atoms with Crippen molar-refractivity contribution in [1.82, 2.24) is 14.8 Å². The molecule has 6 nitrogen and oxygen atoms in total. The minimum absolute atomic E-state index is 0.288. The molecule has 0 unspecified atom stereocenters. The molecule has 0 atom stereocenters. The Morgan fingerprint density at radius 3 is 2.68 bits per heavy atom. The highest BCUT2D eigenvalue weighted by Gasteiger charge is 2.17. The molecule has 2 heterocycles. The number of pyridine rings is 1. The van der Waals surface area contributed by atoms with Crippen LogP contribution in [-0.2, 0) is 16.2 Å². The van der Waals surface area contributed by atoms with Gasteiger partial charge in [0.1, 0.15) is 6.73 Å². The second kappa shape index (κ2) is 6.58. The zero-order valence-corrected chi connectivity index (χ0v) is 14.8. The van der Waals surface area contributed by atoms with Gasteiger partial charge in [-0.1, -0.05) is 19.6 Å². The van der Waals surface area contributed by atoms with Crippen LogP contribution in [-0.4, -0.2) is 42.5 Å². The maximum absolute atomic E-state index is 11.8. The van der Waals surface area contributed by atoms with Crippen LogP contribution in [0.4, 0.5) is 0 Å². The fourth-order valence-corrected chi connectivity index (χ4v) is 2.91. The lowest BCUT2D eigenvalue weighted by molar-refractivity contribution is 0.0596. The van der Waals surface area contributed by atoms with Gasteiger partial charge in [0.25, 0.3) is 0 Å². The van der Waals surface area contributed by atoms with E-state index in [4.69, 9.17) is 9.47 Å². The zero-order valence-electron chi connectivity index (χ0n) is 13.8. The Hall–Kier alpha value is -1.73. The Balaban J connectivity index is 2.20.